The van der Waals surface area contributed by atoms with Gasteiger partial charge in [0.1, 0.15) is 0 Å². The number of amides is 1. The molecule has 0 fully saturated rings. The summed E-state index contributed by atoms with van der Waals surface area (Å²) in [5.74, 6) is -1.90. The average Bonchev–Trinajstić information content (AvgIpc) is 2.83. The molecule has 1 atom stereocenters. The van der Waals surface area contributed by atoms with E-state index >= 15 is 0 Å². The van der Waals surface area contributed by atoms with Crippen molar-refractivity contribution in [3.63, 3.8) is 0 Å². The first-order valence-corrected chi connectivity index (χ1v) is 11.3. The third kappa shape index (κ3) is 7.14. The van der Waals surface area contributed by atoms with E-state index in [1.807, 2.05) is 66.7 Å². The molecule has 170 valence electrons. The van der Waals surface area contributed by atoms with E-state index in [0.29, 0.717) is 18.4 Å². The second kappa shape index (κ2) is 11.8. The van der Waals surface area contributed by atoms with Crippen LogP contribution in [0.25, 0.3) is 11.1 Å². The smallest absolute Gasteiger partial charge is 0.307 e. The first-order chi connectivity index (χ1) is 16.0. The molecule has 0 radical (unpaired) electrons. The minimum atomic E-state index is -0.967. The van der Waals surface area contributed by atoms with Gasteiger partial charge >= 0.3 is 5.97 Å². The lowest BCUT2D eigenvalue weighted by molar-refractivity contribution is -0.141. The summed E-state index contributed by atoms with van der Waals surface area (Å²) < 4.78 is 0. The molecule has 5 nitrogen and oxygen atoms in total. The zero-order chi connectivity index (χ0) is 23.6. The first-order valence-electron chi connectivity index (χ1n) is 11.3. The van der Waals surface area contributed by atoms with E-state index in [-0.39, 0.29) is 18.1 Å². The number of aliphatic carboxylic acids is 1. The second-order valence-corrected chi connectivity index (χ2v) is 8.16. The standard InChI is InChI=1S/C28H29NO4/c1-2-3-9-27(31)29-25-16-14-22(15-17-25)21-10-12-23(13-11-21)26(30)19-24(28(32)33)18-20-7-5-4-6-8-20/h4-8,10-17,24H,2-3,9,18-19H2,1H3,(H,29,31)(H,32,33). The van der Waals surface area contributed by atoms with Crippen molar-refractivity contribution in [2.75, 3.05) is 5.32 Å². The lowest BCUT2D eigenvalue weighted by Crippen LogP contribution is -2.20. The van der Waals surface area contributed by atoms with Crippen molar-refractivity contribution in [3.05, 3.63) is 90.0 Å². The van der Waals surface area contributed by atoms with Gasteiger partial charge in [-0.1, -0.05) is 80.1 Å². The SMILES string of the molecule is CCCCC(=O)Nc1ccc(-c2ccc(C(=O)CC(Cc3ccccc3)C(=O)O)cc2)cc1. The Morgan fingerprint density at radius 1 is 0.848 bits per heavy atom. The number of carbonyl (C=O) groups excluding carboxylic acids is 2. The molecule has 1 unspecified atom stereocenters. The predicted octanol–water partition coefficient (Wildman–Crippen LogP) is 6.00. The minimum Gasteiger partial charge on any atom is -0.481 e. The highest BCUT2D eigenvalue weighted by Gasteiger charge is 2.22. The Morgan fingerprint density at radius 2 is 1.45 bits per heavy atom. The maximum Gasteiger partial charge on any atom is 0.307 e. The van der Waals surface area contributed by atoms with E-state index < -0.39 is 11.9 Å². The van der Waals surface area contributed by atoms with Crippen LogP contribution in [0.4, 0.5) is 5.69 Å². The summed E-state index contributed by atoms with van der Waals surface area (Å²) in [5, 5.41) is 12.5. The van der Waals surface area contributed by atoms with Crippen LogP contribution in [0.2, 0.25) is 0 Å². The Kier molecular flexibility index (Phi) is 8.53. The van der Waals surface area contributed by atoms with Gasteiger partial charge in [0.2, 0.25) is 5.91 Å². The highest BCUT2D eigenvalue weighted by Crippen LogP contribution is 2.23. The van der Waals surface area contributed by atoms with Crippen LogP contribution in [0.1, 0.15) is 48.5 Å². The number of benzene rings is 3. The number of nitrogens with one attached hydrogen (secondary N) is 1. The number of anilines is 1. The van der Waals surface area contributed by atoms with Crippen molar-refractivity contribution >= 4 is 23.3 Å². The number of carboxylic acids is 1. The van der Waals surface area contributed by atoms with Crippen molar-refractivity contribution in [2.24, 2.45) is 5.92 Å². The highest BCUT2D eigenvalue weighted by atomic mass is 16.4. The molecule has 0 aliphatic rings. The fourth-order valence-electron chi connectivity index (χ4n) is 3.64. The summed E-state index contributed by atoms with van der Waals surface area (Å²) in [6, 6.07) is 24.1. The molecule has 0 saturated heterocycles. The molecule has 0 aliphatic heterocycles. The molecule has 0 heterocycles. The average molecular weight is 444 g/mol. The topological polar surface area (TPSA) is 83.5 Å². The number of carboxylic acid groups (broad SMARTS) is 1. The molecule has 33 heavy (non-hydrogen) atoms. The fraction of sp³-hybridized carbons (Fsp3) is 0.250. The molecule has 3 aromatic rings. The first kappa shape index (κ1) is 23.9. The van der Waals surface area contributed by atoms with Gasteiger partial charge in [0.25, 0.3) is 0 Å². The Hall–Kier alpha value is -3.73. The molecular weight excluding hydrogens is 414 g/mol. The number of carbonyl (C=O) groups is 3. The summed E-state index contributed by atoms with van der Waals surface area (Å²) in [5.41, 5.74) is 4.06. The molecule has 3 rings (SSSR count). The van der Waals surface area contributed by atoms with Crippen molar-refractivity contribution in [1.82, 2.24) is 0 Å². The monoisotopic (exact) mass is 443 g/mol. The third-order valence-corrected chi connectivity index (χ3v) is 5.57. The minimum absolute atomic E-state index is 0.0133. The van der Waals surface area contributed by atoms with Gasteiger partial charge in [-0.2, -0.15) is 0 Å². The Bertz CT molecular complexity index is 1070. The van der Waals surface area contributed by atoms with Crippen LogP contribution in [0.5, 0.6) is 0 Å². The van der Waals surface area contributed by atoms with Crippen molar-refractivity contribution in [1.29, 1.82) is 0 Å². The maximum atomic E-state index is 12.7. The van der Waals surface area contributed by atoms with Crippen LogP contribution in [0.3, 0.4) is 0 Å². The number of ketones is 1. The molecule has 0 spiro atoms. The predicted molar refractivity (Wildman–Crippen MR) is 130 cm³/mol. The number of Topliss-reactive ketones (excluding diaryl/α,β-unsaturated/α-hetero) is 1. The van der Waals surface area contributed by atoms with Gasteiger partial charge in [-0.25, -0.2) is 0 Å². The van der Waals surface area contributed by atoms with Crippen LogP contribution >= 0.6 is 0 Å². The zero-order valence-electron chi connectivity index (χ0n) is 18.8. The van der Waals surface area contributed by atoms with Crippen LogP contribution in [-0.4, -0.2) is 22.8 Å². The van der Waals surface area contributed by atoms with Gasteiger partial charge in [0.05, 0.1) is 5.92 Å². The normalized spacial score (nSPS) is 11.5. The van der Waals surface area contributed by atoms with Gasteiger partial charge in [0, 0.05) is 24.1 Å². The van der Waals surface area contributed by atoms with Crippen molar-refractivity contribution < 1.29 is 19.5 Å². The van der Waals surface area contributed by atoms with Crippen LogP contribution < -0.4 is 5.32 Å². The summed E-state index contributed by atoms with van der Waals surface area (Å²) in [4.78, 5) is 36.3. The Balaban J connectivity index is 1.62. The molecule has 0 aliphatic carbocycles. The highest BCUT2D eigenvalue weighted by molar-refractivity contribution is 5.98. The van der Waals surface area contributed by atoms with E-state index in [0.717, 1.165) is 35.2 Å². The van der Waals surface area contributed by atoms with E-state index in [1.54, 1.807) is 12.1 Å². The molecule has 0 aromatic heterocycles. The van der Waals surface area contributed by atoms with Gasteiger partial charge in [-0.3, -0.25) is 14.4 Å². The number of hydrogen-bond donors (Lipinski definition) is 2. The quantitative estimate of drug-likeness (QED) is 0.356. The number of unbranched alkanes of at least 4 members (excludes halogenated alkanes) is 1. The summed E-state index contributed by atoms with van der Waals surface area (Å²) >= 11 is 0. The molecule has 0 saturated carbocycles. The van der Waals surface area contributed by atoms with E-state index in [9.17, 15) is 19.5 Å². The zero-order valence-corrected chi connectivity index (χ0v) is 18.8. The number of rotatable bonds is 11. The summed E-state index contributed by atoms with van der Waals surface area (Å²) in [6.07, 6.45) is 2.64. The second-order valence-electron chi connectivity index (χ2n) is 8.16. The molecule has 5 heteroatoms. The van der Waals surface area contributed by atoms with Crippen LogP contribution in [-0.2, 0) is 16.0 Å². The van der Waals surface area contributed by atoms with Crippen molar-refractivity contribution in [3.8, 4) is 11.1 Å². The van der Waals surface area contributed by atoms with E-state index in [1.165, 1.54) is 0 Å². The summed E-state index contributed by atoms with van der Waals surface area (Å²) in [6.45, 7) is 2.05. The summed E-state index contributed by atoms with van der Waals surface area (Å²) in [7, 11) is 0. The van der Waals surface area contributed by atoms with Crippen molar-refractivity contribution in [2.45, 2.75) is 39.0 Å². The van der Waals surface area contributed by atoms with Crippen LogP contribution in [0, 0.1) is 5.92 Å². The lowest BCUT2D eigenvalue weighted by Gasteiger charge is -2.12. The largest absolute Gasteiger partial charge is 0.481 e. The van der Waals surface area contributed by atoms with Gasteiger partial charge in [-0.15, -0.1) is 0 Å². The Labute approximate surface area is 194 Å². The lowest BCUT2D eigenvalue weighted by atomic mass is 9.91. The Morgan fingerprint density at radius 3 is 2.03 bits per heavy atom. The van der Waals surface area contributed by atoms with E-state index in [4.69, 9.17) is 0 Å². The molecule has 2 N–H and O–H groups in total. The third-order valence-electron chi connectivity index (χ3n) is 5.57. The number of hydrogen-bond acceptors (Lipinski definition) is 3. The van der Waals surface area contributed by atoms with Gasteiger partial charge in [-0.05, 0) is 41.7 Å². The fourth-order valence-corrected chi connectivity index (χ4v) is 3.64. The molecule has 3 aromatic carbocycles. The van der Waals surface area contributed by atoms with Gasteiger partial charge < -0.3 is 10.4 Å². The molecule has 1 amide bonds. The maximum absolute atomic E-state index is 12.7. The molecule has 0 bridgehead atoms. The van der Waals surface area contributed by atoms with Gasteiger partial charge in [0.15, 0.2) is 5.78 Å². The molecular formula is C28H29NO4. The van der Waals surface area contributed by atoms with Crippen LogP contribution in [0.15, 0.2) is 78.9 Å². The van der Waals surface area contributed by atoms with E-state index in [2.05, 4.69) is 12.2 Å².